The average Bonchev–Trinajstić information content (AvgIpc) is 2.72. The molecule has 0 aromatic heterocycles. The number of hydrogen-bond acceptors (Lipinski definition) is 6. The first-order valence-electron chi connectivity index (χ1n) is 8.14. The van der Waals surface area contributed by atoms with Crippen LogP contribution in [0.1, 0.15) is 15.9 Å². The first-order valence-corrected chi connectivity index (χ1v) is 8.93. The number of hydrogen-bond donors (Lipinski definition) is 2. The molecule has 0 fully saturated rings. The van der Waals surface area contributed by atoms with Gasteiger partial charge in [0.25, 0.3) is 11.8 Å². The van der Waals surface area contributed by atoms with Crippen molar-refractivity contribution in [2.24, 2.45) is 5.10 Å². The van der Waals surface area contributed by atoms with Crippen molar-refractivity contribution in [2.45, 2.75) is 0 Å². The molecule has 0 spiro atoms. The molecule has 0 aliphatic heterocycles. The van der Waals surface area contributed by atoms with Crippen LogP contribution in [0.2, 0.25) is 0 Å². The SMILES string of the molecule is COc1cc(C(=O)NCC(=O)NN=Cc2ccc(Br)cc2)cc(OC)c1OC. The Morgan fingerprint density at radius 3 is 2.18 bits per heavy atom. The fourth-order valence-corrected chi connectivity index (χ4v) is 2.51. The van der Waals surface area contributed by atoms with E-state index in [-0.39, 0.29) is 12.1 Å². The van der Waals surface area contributed by atoms with Crippen molar-refractivity contribution < 1.29 is 23.8 Å². The fourth-order valence-electron chi connectivity index (χ4n) is 2.24. The van der Waals surface area contributed by atoms with E-state index in [9.17, 15) is 9.59 Å². The molecule has 8 nitrogen and oxygen atoms in total. The van der Waals surface area contributed by atoms with Crippen LogP contribution in [0, 0.1) is 0 Å². The van der Waals surface area contributed by atoms with Crippen LogP contribution in [0.5, 0.6) is 17.2 Å². The third kappa shape index (κ3) is 5.71. The van der Waals surface area contributed by atoms with Crippen molar-refractivity contribution >= 4 is 34.0 Å². The van der Waals surface area contributed by atoms with Gasteiger partial charge in [0.2, 0.25) is 5.75 Å². The second kappa shape index (κ2) is 10.3. The van der Waals surface area contributed by atoms with E-state index in [1.807, 2.05) is 24.3 Å². The maximum atomic E-state index is 12.3. The van der Waals surface area contributed by atoms with Crippen LogP contribution in [0.15, 0.2) is 46.0 Å². The number of carbonyl (C=O) groups excluding carboxylic acids is 2. The highest BCUT2D eigenvalue weighted by Crippen LogP contribution is 2.38. The van der Waals surface area contributed by atoms with E-state index in [0.717, 1.165) is 10.0 Å². The van der Waals surface area contributed by atoms with Crippen molar-refractivity contribution in [2.75, 3.05) is 27.9 Å². The molecule has 0 radical (unpaired) electrons. The molecule has 0 aliphatic carbocycles. The highest BCUT2D eigenvalue weighted by molar-refractivity contribution is 9.10. The molecule has 0 heterocycles. The Morgan fingerprint density at radius 2 is 1.64 bits per heavy atom. The lowest BCUT2D eigenvalue weighted by molar-refractivity contribution is -0.120. The van der Waals surface area contributed by atoms with Gasteiger partial charge in [0.1, 0.15) is 0 Å². The Balaban J connectivity index is 1.94. The van der Waals surface area contributed by atoms with Gasteiger partial charge in [0.05, 0.1) is 34.1 Å². The summed E-state index contributed by atoms with van der Waals surface area (Å²) in [7, 11) is 4.38. The van der Waals surface area contributed by atoms with E-state index < -0.39 is 11.8 Å². The Kier molecular flexibility index (Phi) is 7.82. The van der Waals surface area contributed by atoms with Crippen LogP contribution in [-0.2, 0) is 4.79 Å². The van der Waals surface area contributed by atoms with Crippen molar-refractivity contribution in [3.05, 3.63) is 52.0 Å². The molecule has 0 saturated carbocycles. The number of nitrogens with zero attached hydrogens (tertiary/aromatic N) is 1. The van der Waals surface area contributed by atoms with Crippen LogP contribution >= 0.6 is 15.9 Å². The van der Waals surface area contributed by atoms with E-state index in [2.05, 4.69) is 31.8 Å². The number of nitrogens with one attached hydrogen (secondary N) is 2. The molecule has 148 valence electrons. The minimum absolute atomic E-state index is 0.243. The first kappa shape index (κ1) is 21.2. The van der Waals surface area contributed by atoms with Gasteiger partial charge in [-0.25, -0.2) is 5.43 Å². The lowest BCUT2D eigenvalue weighted by atomic mass is 10.1. The Morgan fingerprint density at radius 1 is 1.04 bits per heavy atom. The number of hydrazone groups is 1. The molecule has 0 saturated heterocycles. The molecule has 2 N–H and O–H groups in total. The van der Waals surface area contributed by atoms with E-state index >= 15 is 0 Å². The topological polar surface area (TPSA) is 98.2 Å². The third-order valence-corrected chi connectivity index (χ3v) is 4.14. The summed E-state index contributed by atoms with van der Waals surface area (Å²) in [4.78, 5) is 24.2. The van der Waals surface area contributed by atoms with Crippen molar-refractivity contribution in [1.82, 2.24) is 10.7 Å². The van der Waals surface area contributed by atoms with Gasteiger partial charge in [-0.05, 0) is 29.8 Å². The lowest BCUT2D eigenvalue weighted by Crippen LogP contribution is -2.34. The minimum Gasteiger partial charge on any atom is -0.493 e. The summed E-state index contributed by atoms with van der Waals surface area (Å²) < 4.78 is 16.6. The summed E-state index contributed by atoms with van der Waals surface area (Å²) in [6.07, 6.45) is 1.51. The molecule has 0 aliphatic rings. The number of methoxy groups -OCH3 is 3. The van der Waals surface area contributed by atoms with E-state index in [1.165, 1.54) is 39.7 Å². The number of carbonyl (C=O) groups is 2. The normalized spacial score (nSPS) is 10.4. The van der Waals surface area contributed by atoms with Gasteiger partial charge in [0.15, 0.2) is 11.5 Å². The van der Waals surface area contributed by atoms with Crippen molar-refractivity contribution in [1.29, 1.82) is 0 Å². The van der Waals surface area contributed by atoms with Gasteiger partial charge in [-0.2, -0.15) is 5.10 Å². The number of benzene rings is 2. The summed E-state index contributed by atoms with van der Waals surface area (Å²) in [5.41, 5.74) is 3.44. The summed E-state index contributed by atoms with van der Waals surface area (Å²) in [5, 5.41) is 6.36. The van der Waals surface area contributed by atoms with Crippen LogP contribution in [-0.4, -0.2) is 45.9 Å². The van der Waals surface area contributed by atoms with Gasteiger partial charge in [-0.15, -0.1) is 0 Å². The van der Waals surface area contributed by atoms with E-state index in [1.54, 1.807) is 0 Å². The molecule has 28 heavy (non-hydrogen) atoms. The minimum atomic E-state index is -0.466. The van der Waals surface area contributed by atoms with Crippen LogP contribution < -0.4 is 25.0 Å². The van der Waals surface area contributed by atoms with E-state index in [4.69, 9.17) is 14.2 Å². The predicted octanol–water partition coefficient (Wildman–Crippen LogP) is 2.36. The molecule has 2 aromatic carbocycles. The summed E-state index contributed by atoms with van der Waals surface area (Å²) >= 11 is 3.34. The smallest absolute Gasteiger partial charge is 0.259 e. The van der Waals surface area contributed by atoms with Gasteiger partial charge in [0, 0.05) is 10.0 Å². The van der Waals surface area contributed by atoms with E-state index in [0.29, 0.717) is 17.2 Å². The van der Waals surface area contributed by atoms with Crippen molar-refractivity contribution in [3.63, 3.8) is 0 Å². The molecule has 2 rings (SSSR count). The maximum absolute atomic E-state index is 12.3. The Hall–Kier alpha value is -3.07. The highest BCUT2D eigenvalue weighted by Gasteiger charge is 2.17. The van der Waals surface area contributed by atoms with Crippen LogP contribution in [0.3, 0.4) is 0 Å². The number of ether oxygens (including phenoxy) is 3. The van der Waals surface area contributed by atoms with Crippen LogP contribution in [0.25, 0.3) is 0 Å². The van der Waals surface area contributed by atoms with Gasteiger partial charge >= 0.3 is 0 Å². The lowest BCUT2D eigenvalue weighted by Gasteiger charge is -2.14. The third-order valence-electron chi connectivity index (χ3n) is 3.61. The maximum Gasteiger partial charge on any atom is 0.259 e. The van der Waals surface area contributed by atoms with Gasteiger partial charge in [-0.1, -0.05) is 28.1 Å². The zero-order chi connectivity index (χ0) is 20.5. The van der Waals surface area contributed by atoms with Gasteiger partial charge < -0.3 is 19.5 Å². The molecule has 2 aromatic rings. The average molecular weight is 450 g/mol. The molecule has 9 heteroatoms. The van der Waals surface area contributed by atoms with Crippen molar-refractivity contribution in [3.8, 4) is 17.2 Å². The quantitative estimate of drug-likeness (QED) is 0.476. The van der Waals surface area contributed by atoms with Crippen LogP contribution in [0.4, 0.5) is 0 Å². The number of amides is 2. The predicted molar refractivity (Wildman–Crippen MR) is 108 cm³/mol. The molecule has 0 unspecified atom stereocenters. The molecule has 0 bridgehead atoms. The first-order chi connectivity index (χ1) is 13.5. The standard InChI is InChI=1S/C19H20BrN3O5/c1-26-15-8-13(9-16(27-2)18(15)28-3)19(25)21-11-17(24)23-22-10-12-4-6-14(20)7-5-12/h4-10H,11H2,1-3H3,(H,21,25)(H,23,24). The highest BCUT2D eigenvalue weighted by atomic mass is 79.9. The zero-order valence-corrected chi connectivity index (χ0v) is 17.2. The molecule has 0 atom stereocenters. The second-order valence-electron chi connectivity index (χ2n) is 5.44. The molecule has 2 amide bonds. The summed E-state index contributed by atoms with van der Waals surface area (Å²) in [6.45, 7) is -0.243. The largest absolute Gasteiger partial charge is 0.493 e. The second-order valence-corrected chi connectivity index (χ2v) is 6.36. The Bertz CT molecular complexity index is 843. The number of rotatable bonds is 8. The Labute approximate surface area is 171 Å². The number of halogens is 1. The fraction of sp³-hybridized carbons (Fsp3) is 0.211. The van der Waals surface area contributed by atoms with Gasteiger partial charge in [-0.3, -0.25) is 9.59 Å². The molecular weight excluding hydrogens is 430 g/mol. The monoisotopic (exact) mass is 449 g/mol. The summed E-state index contributed by atoms with van der Waals surface area (Å²) in [6, 6.07) is 10.4. The molecular formula is C19H20BrN3O5. The summed E-state index contributed by atoms with van der Waals surface area (Å²) in [5.74, 6) is 0.133. The zero-order valence-electron chi connectivity index (χ0n) is 15.6.